The molecule has 1 N–H and O–H groups in total. The van der Waals surface area contributed by atoms with Gasteiger partial charge in [-0.05, 0) is 67.7 Å². The van der Waals surface area contributed by atoms with E-state index in [9.17, 15) is 0 Å². The minimum absolute atomic E-state index is 0.549. The summed E-state index contributed by atoms with van der Waals surface area (Å²) < 4.78 is 0. The van der Waals surface area contributed by atoms with E-state index < -0.39 is 0 Å². The Balaban J connectivity index is 1.77. The summed E-state index contributed by atoms with van der Waals surface area (Å²) in [6.07, 6.45) is 8.18. The van der Waals surface area contributed by atoms with Crippen LogP contribution < -0.4 is 5.32 Å². The molecule has 3 rings (SSSR count). The highest BCUT2D eigenvalue weighted by Crippen LogP contribution is 2.59. The van der Waals surface area contributed by atoms with E-state index in [1.54, 1.807) is 11.1 Å². The third kappa shape index (κ3) is 2.09. The lowest BCUT2D eigenvalue weighted by atomic mass is 9.87. The Morgan fingerprint density at radius 2 is 2.17 bits per heavy atom. The van der Waals surface area contributed by atoms with Crippen molar-refractivity contribution in [1.29, 1.82) is 0 Å². The summed E-state index contributed by atoms with van der Waals surface area (Å²) in [6, 6.07) is 9.21. The van der Waals surface area contributed by atoms with Gasteiger partial charge in [0.25, 0.3) is 0 Å². The second-order valence-corrected chi connectivity index (χ2v) is 6.13. The Labute approximate surface area is 111 Å². The van der Waals surface area contributed by atoms with Gasteiger partial charge in [-0.25, -0.2) is 0 Å². The molecule has 2 unspecified atom stereocenters. The number of fused-ring (bicyclic) bond motifs is 2. The standard InChI is InChI=1S/C17H25N/c1-2-11-18-13-15-12-17(15)10-6-5-8-14-7-3-4-9-16(14)17/h3-4,7,9,15,18H,2,5-6,8,10-13H2,1H3. The molecule has 0 heterocycles. The molecule has 0 amide bonds. The summed E-state index contributed by atoms with van der Waals surface area (Å²) >= 11 is 0. The van der Waals surface area contributed by atoms with Gasteiger partial charge in [-0.1, -0.05) is 37.6 Å². The molecule has 1 heteroatoms. The third-order valence-electron chi connectivity index (χ3n) is 4.92. The molecule has 1 spiro atoms. The monoisotopic (exact) mass is 243 g/mol. The predicted molar refractivity (Wildman–Crippen MR) is 76.9 cm³/mol. The number of hydrogen-bond donors (Lipinski definition) is 1. The fourth-order valence-corrected chi connectivity index (χ4v) is 3.85. The van der Waals surface area contributed by atoms with Gasteiger partial charge in [-0.15, -0.1) is 0 Å². The van der Waals surface area contributed by atoms with E-state index in [2.05, 4.69) is 36.5 Å². The molecule has 1 nitrogen and oxygen atoms in total. The number of rotatable bonds is 4. The zero-order valence-electron chi connectivity index (χ0n) is 11.5. The highest BCUT2D eigenvalue weighted by Gasteiger charge is 2.55. The van der Waals surface area contributed by atoms with E-state index in [4.69, 9.17) is 0 Å². The maximum Gasteiger partial charge on any atom is -0.0000199 e. The summed E-state index contributed by atoms with van der Waals surface area (Å²) in [5.41, 5.74) is 3.87. The van der Waals surface area contributed by atoms with Crippen LogP contribution >= 0.6 is 0 Å². The fraction of sp³-hybridized carbons (Fsp3) is 0.647. The van der Waals surface area contributed by atoms with Gasteiger partial charge in [0.1, 0.15) is 0 Å². The van der Waals surface area contributed by atoms with E-state index in [0.717, 1.165) is 5.92 Å². The molecule has 98 valence electrons. The molecule has 1 aromatic rings. The maximum atomic E-state index is 3.62. The van der Waals surface area contributed by atoms with Crippen molar-refractivity contribution >= 4 is 0 Å². The van der Waals surface area contributed by atoms with E-state index in [1.807, 2.05) is 0 Å². The Hall–Kier alpha value is -0.820. The molecule has 1 fully saturated rings. The van der Waals surface area contributed by atoms with Crippen molar-refractivity contribution in [2.45, 2.75) is 50.9 Å². The zero-order valence-corrected chi connectivity index (χ0v) is 11.5. The van der Waals surface area contributed by atoms with Gasteiger partial charge in [0, 0.05) is 0 Å². The largest absolute Gasteiger partial charge is 0.316 e. The van der Waals surface area contributed by atoms with Crippen LogP contribution in [0.3, 0.4) is 0 Å². The summed E-state index contributed by atoms with van der Waals surface area (Å²) in [4.78, 5) is 0. The lowest BCUT2D eigenvalue weighted by Gasteiger charge is -2.18. The summed E-state index contributed by atoms with van der Waals surface area (Å²) in [5.74, 6) is 0.892. The van der Waals surface area contributed by atoms with E-state index in [0.29, 0.717) is 5.41 Å². The van der Waals surface area contributed by atoms with Gasteiger partial charge in [-0.2, -0.15) is 0 Å². The summed E-state index contributed by atoms with van der Waals surface area (Å²) in [7, 11) is 0. The molecule has 0 bridgehead atoms. The molecular weight excluding hydrogens is 218 g/mol. The van der Waals surface area contributed by atoms with Crippen LogP contribution in [0.4, 0.5) is 0 Å². The number of hydrogen-bond acceptors (Lipinski definition) is 1. The minimum atomic E-state index is 0.549. The highest BCUT2D eigenvalue weighted by molar-refractivity contribution is 5.41. The second kappa shape index (κ2) is 5.05. The predicted octanol–water partition coefficient (Wildman–Crippen LogP) is 3.67. The van der Waals surface area contributed by atoms with Crippen LogP contribution in [0, 0.1) is 5.92 Å². The molecule has 0 radical (unpaired) electrons. The summed E-state index contributed by atoms with van der Waals surface area (Å²) in [5, 5.41) is 3.62. The Kier molecular flexibility index (Phi) is 3.43. The third-order valence-corrected chi connectivity index (χ3v) is 4.92. The molecule has 0 aromatic heterocycles. The van der Waals surface area contributed by atoms with Gasteiger partial charge in [0.05, 0.1) is 0 Å². The lowest BCUT2D eigenvalue weighted by molar-refractivity contribution is 0.509. The normalized spacial score (nSPS) is 29.9. The highest BCUT2D eigenvalue weighted by atomic mass is 14.9. The average Bonchev–Trinajstić information content (AvgIpc) is 3.13. The molecule has 0 aliphatic heterocycles. The van der Waals surface area contributed by atoms with Crippen LogP contribution in [0.2, 0.25) is 0 Å². The van der Waals surface area contributed by atoms with Crippen LogP contribution in [0.1, 0.15) is 50.2 Å². The number of nitrogens with one attached hydrogen (secondary N) is 1. The number of aryl methyl sites for hydroxylation is 1. The van der Waals surface area contributed by atoms with Crippen molar-refractivity contribution in [3.05, 3.63) is 35.4 Å². The number of benzene rings is 1. The van der Waals surface area contributed by atoms with Gasteiger partial charge < -0.3 is 5.32 Å². The molecule has 2 aliphatic carbocycles. The lowest BCUT2D eigenvalue weighted by Crippen LogP contribution is -2.22. The first-order valence-electron chi connectivity index (χ1n) is 7.66. The molecular formula is C17H25N. The van der Waals surface area contributed by atoms with Crippen molar-refractivity contribution in [3.8, 4) is 0 Å². The molecule has 2 aliphatic rings. The second-order valence-electron chi connectivity index (χ2n) is 6.13. The van der Waals surface area contributed by atoms with Crippen molar-refractivity contribution in [2.24, 2.45) is 5.92 Å². The van der Waals surface area contributed by atoms with Gasteiger partial charge in [0.15, 0.2) is 0 Å². The minimum Gasteiger partial charge on any atom is -0.316 e. The van der Waals surface area contributed by atoms with Crippen molar-refractivity contribution in [3.63, 3.8) is 0 Å². The Bertz CT molecular complexity index is 412. The molecule has 1 aromatic carbocycles. The van der Waals surface area contributed by atoms with Gasteiger partial charge >= 0.3 is 0 Å². The molecule has 0 saturated heterocycles. The Morgan fingerprint density at radius 1 is 1.28 bits per heavy atom. The van der Waals surface area contributed by atoms with Crippen molar-refractivity contribution < 1.29 is 0 Å². The smallest absolute Gasteiger partial charge is 0.0000199 e. The van der Waals surface area contributed by atoms with E-state index >= 15 is 0 Å². The fourth-order valence-electron chi connectivity index (χ4n) is 3.85. The molecule has 1 saturated carbocycles. The molecule has 18 heavy (non-hydrogen) atoms. The van der Waals surface area contributed by atoms with Crippen LogP contribution in [-0.2, 0) is 11.8 Å². The van der Waals surface area contributed by atoms with Crippen molar-refractivity contribution in [2.75, 3.05) is 13.1 Å². The SMILES string of the molecule is CCCNCC1CC12CCCCc1ccccc12. The van der Waals surface area contributed by atoms with Gasteiger partial charge in [-0.3, -0.25) is 0 Å². The first-order chi connectivity index (χ1) is 8.87. The summed E-state index contributed by atoms with van der Waals surface area (Å²) in [6.45, 7) is 4.65. The first kappa shape index (κ1) is 12.2. The quantitative estimate of drug-likeness (QED) is 0.796. The topological polar surface area (TPSA) is 12.0 Å². The van der Waals surface area contributed by atoms with Crippen LogP contribution in [0.25, 0.3) is 0 Å². The molecule has 2 atom stereocenters. The van der Waals surface area contributed by atoms with Gasteiger partial charge in [0.2, 0.25) is 0 Å². The van der Waals surface area contributed by atoms with Crippen LogP contribution in [0.5, 0.6) is 0 Å². The van der Waals surface area contributed by atoms with Crippen molar-refractivity contribution in [1.82, 2.24) is 5.32 Å². The van der Waals surface area contributed by atoms with Crippen LogP contribution in [-0.4, -0.2) is 13.1 Å². The average molecular weight is 243 g/mol. The van der Waals surface area contributed by atoms with E-state index in [1.165, 1.54) is 51.6 Å². The Morgan fingerprint density at radius 3 is 3.06 bits per heavy atom. The maximum absolute atomic E-state index is 3.62. The van der Waals surface area contributed by atoms with Crippen LogP contribution in [0.15, 0.2) is 24.3 Å². The zero-order chi connectivity index (χ0) is 12.4. The first-order valence-corrected chi connectivity index (χ1v) is 7.66. The van der Waals surface area contributed by atoms with E-state index in [-0.39, 0.29) is 0 Å².